The molecule has 0 fully saturated rings. The lowest BCUT2D eigenvalue weighted by Crippen LogP contribution is -2.26. The van der Waals surface area contributed by atoms with Crippen molar-refractivity contribution in [2.75, 3.05) is 7.05 Å². The van der Waals surface area contributed by atoms with E-state index in [2.05, 4.69) is 0 Å². The smallest absolute Gasteiger partial charge is 0.243 e. The summed E-state index contributed by atoms with van der Waals surface area (Å²) in [6.07, 6.45) is 0. The van der Waals surface area contributed by atoms with Crippen LogP contribution in [-0.4, -0.2) is 24.9 Å². The van der Waals surface area contributed by atoms with Crippen molar-refractivity contribution < 1.29 is 13.5 Å². The fourth-order valence-electron chi connectivity index (χ4n) is 2.08. The Hall–Kier alpha value is -1.69. The number of nitrogens with zero attached hydrogens (tertiary/aromatic N) is 1. The Morgan fingerprint density at radius 2 is 1.76 bits per heavy atom. The van der Waals surface area contributed by atoms with Gasteiger partial charge in [-0.3, -0.25) is 0 Å². The molecule has 112 valence electrons. The number of hydrogen-bond donors (Lipinski definition) is 1. The molecule has 0 atom stereocenters. The second-order valence-corrected chi connectivity index (χ2v) is 7.04. The van der Waals surface area contributed by atoms with E-state index in [1.165, 1.54) is 10.4 Å². The zero-order valence-corrected chi connectivity index (χ0v) is 13.0. The third-order valence-corrected chi connectivity index (χ3v) is 5.25. The Morgan fingerprint density at radius 1 is 1.10 bits per heavy atom. The van der Waals surface area contributed by atoms with Gasteiger partial charge in [0.15, 0.2) is 0 Å². The maximum atomic E-state index is 12.6. The van der Waals surface area contributed by atoms with Crippen LogP contribution in [0.5, 0.6) is 0 Å². The van der Waals surface area contributed by atoms with Crippen LogP contribution < -0.4 is 0 Å². The molecule has 0 aliphatic heterocycles. The van der Waals surface area contributed by atoms with Gasteiger partial charge in [-0.1, -0.05) is 36.4 Å². The molecule has 0 unspecified atom stereocenters. The first-order valence-electron chi connectivity index (χ1n) is 6.66. The van der Waals surface area contributed by atoms with Crippen LogP contribution in [0.3, 0.4) is 0 Å². The highest BCUT2D eigenvalue weighted by Crippen LogP contribution is 2.20. The molecule has 0 saturated carbocycles. The highest BCUT2D eigenvalue weighted by molar-refractivity contribution is 7.89. The highest BCUT2D eigenvalue weighted by atomic mass is 32.2. The quantitative estimate of drug-likeness (QED) is 0.922. The van der Waals surface area contributed by atoms with Crippen LogP contribution in [0.1, 0.15) is 16.7 Å². The van der Waals surface area contributed by atoms with Crippen LogP contribution in [0, 0.1) is 6.92 Å². The third kappa shape index (κ3) is 3.50. The van der Waals surface area contributed by atoms with Gasteiger partial charge in [0, 0.05) is 13.6 Å². The van der Waals surface area contributed by atoms with Crippen molar-refractivity contribution in [1.82, 2.24) is 4.31 Å². The van der Waals surface area contributed by atoms with Gasteiger partial charge in [-0.2, -0.15) is 4.31 Å². The average molecular weight is 305 g/mol. The van der Waals surface area contributed by atoms with Crippen LogP contribution in [0.2, 0.25) is 0 Å². The zero-order valence-electron chi connectivity index (χ0n) is 12.2. The topological polar surface area (TPSA) is 57.6 Å². The molecule has 21 heavy (non-hydrogen) atoms. The molecule has 2 aromatic rings. The SMILES string of the molecule is Cc1ccc(S(=O)(=O)N(C)Cc2ccccc2)cc1CO. The molecular weight excluding hydrogens is 286 g/mol. The summed E-state index contributed by atoms with van der Waals surface area (Å²) in [5, 5.41) is 9.27. The molecule has 2 rings (SSSR count). The molecule has 4 nitrogen and oxygen atoms in total. The van der Waals surface area contributed by atoms with Gasteiger partial charge in [0.2, 0.25) is 10.0 Å². The number of aliphatic hydroxyl groups excluding tert-OH is 1. The van der Waals surface area contributed by atoms with E-state index in [1.54, 1.807) is 19.2 Å². The van der Waals surface area contributed by atoms with E-state index in [4.69, 9.17) is 0 Å². The Labute approximate surface area is 125 Å². The maximum Gasteiger partial charge on any atom is 0.243 e. The molecule has 0 aliphatic carbocycles. The van der Waals surface area contributed by atoms with Gasteiger partial charge in [0.05, 0.1) is 11.5 Å². The largest absolute Gasteiger partial charge is 0.392 e. The molecule has 0 spiro atoms. The van der Waals surface area contributed by atoms with E-state index < -0.39 is 10.0 Å². The van der Waals surface area contributed by atoms with Crippen molar-refractivity contribution in [3.8, 4) is 0 Å². The van der Waals surface area contributed by atoms with Gasteiger partial charge < -0.3 is 5.11 Å². The van der Waals surface area contributed by atoms with Crippen molar-refractivity contribution in [3.63, 3.8) is 0 Å². The fourth-order valence-corrected chi connectivity index (χ4v) is 3.29. The first-order chi connectivity index (χ1) is 9.95. The summed E-state index contributed by atoms with van der Waals surface area (Å²) in [5.74, 6) is 0. The summed E-state index contributed by atoms with van der Waals surface area (Å²) in [6, 6.07) is 14.3. The van der Waals surface area contributed by atoms with Crippen molar-refractivity contribution >= 4 is 10.0 Å². The van der Waals surface area contributed by atoms with Crippen molar-refractivity contribution in [2.24, 2.45) is 0 Å². The molecule has 5 heteroatoms. The molecule has 0 aliphatic rings. The zero-order chi connectivity index (χ0) is 15.5. The standard InChI is InChI=1S/C16H19NO3S/c1-13-8-9-16(10-15(13)12-18)21(19,20)17(2)11-14-6-4-3-5-7-14/h3-10,18H,11-12H2,1-2H3. The molecule has 0 aromatic heterocycles. The lowest BCUT2D eigenvalue weighted by molar-refractivity contribution is 0.280. The van der Waals surface area contributed by atoms with E-state index in [9.17, 15) is 13.5 Å². The molecular formula is C16H19NO3S. The Bertz CT molecular complexity index is 712. The van der Waals surface area contributed by atoms with E-state index >= 15 is 0 Å². The number of sulfonamides is 1. The molecule has 0 saturated heterocycles. The highest BCUT2D eigenvalue weighted by Gasteiger charge is 2.21. The summed E-state index contributed by atoms with van der Waals surface area (Å²) < 4.78 is 26.4. The summed E-state index contributed by atoms with van der Waals surface area (Å²) in [7, 11) is -2.01. The summed E-state index contributed by atoms with van der Waals surface area (Å²) in [5.41, 5.74) is 2.43. The van der Waals surface area contributed by atoms with Gasteiger partial charge in [-0.25, -0.2) is 8.42 Å². The first-order valence-corrected chi connectivity index (χ1v) is 8.10. The van der Waals surface area contributed by atoms with Crippen molar-refractivity contribution in [3.05, 3.63) is 65.2 Å². The number of hydrogen-bond acceptors (Lipinski definition) is 3. The van der Waals surface area contributed by atoms with E-state index in [0.717, 1.165) is 11.1 Å². The molecule has 1 N–H and O–H groups in total. The Morgan fingerprint density at radius 3 is 2.38 bits per heavy atom. The monoisotopic (exact) mass is 305 g/mol. The van der Waals surface area contributed by atoms with E-state index in [0.29, 0.717) is 12.1 Å². The minimum absolute atomic E-state index is 0.169. The van der Waals surface area contributed by atoms with Gasteiger partial charge in [0.25, 0.3) is 0 Å². The second-order valence-electron chi connectivity index (χ2n) is 4.99. The van der Waals surface area contributed by atoms with Crippen LogP contribution in [0.4, 0.5) is 0 Å². The Balaban J connectivity index is 2.29. The maximum absolute atomic E-state index is 12.6. The van der Waals surface area contributed by atoms with Crippen molar-refractivity contribution in [2.45, 2.75) is 25.0 Å². The lowest BCUT2D eigenvalue weighted by atomic mass is 10.1. The van der Waals surface area contributed by atoms with Crippen LogP contribution in [-0.2, 0) is 23.2 Å². The minimum Gasteiger partial charge on any atom is -0.392 e. The van der Waals surface area contributed by atoms with E-state index in [-0.39, 0.29) is 11.5 Å². The number of benzene rings is 2. The average Bonchev–Trinajstić information content (AvgIpc) is 2.48. The van der Waals surface area contributed by atoms with E-state index in [1.807, 2.05) is 37.3 Å². The van der Waals surface area contributed by atoms with Crippen LogP contribution >= 0.6 is 0 Å². The molecule has 0 radical (unpaired) electrons. The molecule has 0 heterocycles. The predicted octanol–water partition coefficient (Wildman–Crippen LogP) is 2.31. The summed E-state index contributed by atoms with van der Waals surface area (Å²) in [6.45, 7) is 1.98. The second kappa shape index (κ2) is 6.39. The van der Waals surface area contributed by atoms with Crippen LogP contribution in [0.15, 0.2) is 53.4 Å². The Kier molecular flexibility index (Phi) is 4.77. The molecule has 2 aromatic carbocycles. The minimum atomic E-state index is -3.56. The van der Waals surface area contributed by atoms with Gasteiger partial charge in [-0.15, -0.1) is 0 Å². The normalized spacial score (nSPS) is 11.8. The first kappa shape index (κ1) is 15.7. The van der Waals surface area contributed by atoms with Gasteiger partial charge in [0.1, 0.15) is 0 Å². The summed E-state index contributed by atoms with van der Waals surface area (Å²) >= 11 is 0. The number of rotatable bonds is 5. The number of aliphatic hydroxyl groups is 1. The molecule has 0 amide bonds. The number of aryl methyl sites for hydroxylation is 1. The summed E-state index contributed by atoms with van der Waals surface area (Å²) in [4.78, 5) is 0.204. The predicted molar refractivity (Wildman–Crippen MR) is 82.2 cm³/mol. The fraction of sp³-hybridized carbons (Fsp3) is 0.250. The van der Waals surface area contributed by atoms with Gasteiger partial charge in [-0.05, 0) is 35.7 Å². The van der Waals surface area contributed by atoms with Crippen LogP contribution in [0.25, 0.3) is 0 Å². The lowest BCUT2D eigenvalue weighted by Gasteiger charge is -2.18. The molecule has 0 bridgehead atoms. The third-order valence-electron chi connectivity index (χ3n) is 3.45. The van der Waals surface area contributed by atoms with Crippen molar-refractivity contribution in [1.29, 1.82) is 0 Å². The van der Waals surface area contributed by atoms with Gasteiger partial charge >= 0.3 is 0 Å².